The van der Waals surface area contributed by atoms with Crippen LogP contribution in [0.1, 0.15) is 87.3 Å². The number of amides is 6. The molecule has 65 heavy (non-hydrogen) atoms. The summed E-state index contributed by atoms with van der Waals surface area (Å²) in [6.45, 7) is 7.10. The van der Waals surface area contributed by atoms with Crippen LogP contribution in [0.2, 0.25) is 0 Å². The van der Waals surface area contributed by atoms with Crippen molar-refractivity contribution in [2.24, 2.45) is 18.9 Å². The van der Waals surface area contributed by atoms with E-state index in [0.29, 0.717) is 107 Å². The molecule has 4 saturated heterocycles. The number of benzene rings is 2. The minimum Gasteiger partial charge on any atom is -0.466 e. The summed E-state index contributed by atoms with van der Waals surface area (Å²) in [5.74, 6) is -0.248. The van der Waals surface area contributed by atoms with Gasteiger partial charge in [0.15, 0.2) is 11.7 Å². The first kappa shape index (κ1) is 45.7. The Bertz CT molecular complexity index is 2300. The first-order valence-electron chi connectivity index (χ1n) is 23.6. The Morgan fingerprint density at radius 3 is 2.22 bits per heavy atom. The molecule has 17 heteroatoms. The second kappa shape index (κ2) is 20.5. The molecule has 0 spiro atoms. The molecule has 17 nitrogen and oxygen atoms in total. The molecule has 1 N–H and O–H groups in total. The van der Waals surface area contributed by atoms with E-state index in [2.05, 4.69) is 5.32 Å². The number of hydrogen-bond acceptors (Lipinski definition) is 10. The third-order valence-electron chi connectivity index (χ3n) is 14.3. The minimum atomic E-state index is -1.11. The number of carbonyl (C=O) groups is 6. The zero-order valence-corrected chi connectivity index (χ0v) is 37.8. The number of carbonyl (C=O) groups excluding carboxylic acids is 6. The van der Waals surface area contributed by atoms with Crippen LogP contribution in [0.3, 0.4) is 0 Å². The molecule has 5 aliphatic heterocycles. The Morgan fingerprint density at radius 1 is 0.815 bits per heavy atom. The van der Waals surface area contributed by atoms with Crippen molar-refractivity contribution in [1.29, 1.82) is 0 Å². The summed E-state index contributed by atoms with van der Waals surface area (Å²) in [5.41, 5.74) is 4.51. The van der Waals surface area contributed by atoms with Crippen LogP contribution >= 0.6 is 0 Å². The summed E-state index contributed by atoms with van der Waals surface area (Å²) >= 11 is 0. The molecule has 0 unspecified atom stereocenters. The highest BCUT2D eigenvalue weighted by molar-refractivity contribution is 5.91. The number of anilines is 1. The normalized spacial score (nSPS) is 19.6. The lowest BCUT2D eigenvalue weighted by atomic mass is 9.78. The van der Waals surface area contributed by atoms with E-state index in [0.717, 1.165) is 61.9 Å². The van der Waals surface area contributed by atoms with Gasteiger partial charge in [-0.1, -0.05) is 24.3 Å². The van der Waals surface area contributed by atoms with Crippen LogP contribution < -0.4 is 11.1 Å². The SMILES string of the molecule is Cc1cc(C[C@@H](OC(=O)N2CCC(N3CCc4ccccc4NC3=O)CC2)C(=O)N2CCC(C3CCN(C(=O)CCC(=O)OCCCN4CCCC4=O)CC3)CC2)cc2oc(=O)n(C)c12. The first-order valence-corrected chi connectivity index (χ1v) is 23.6. The summed E-state index contributed by atoms with van der Waals surface area (Å²) in [4.78, 5) is 99.9. The standard InChI is InChI=1S/C48H63N7O10/c1-32-29-33(30-39-44(32)50(2)47(61)64-39)31-40(65-48(62)54-25-17-37(18-26-54)55-27-16-36-7-3-4-8-38(36)49-46(55)60)45(59)53-23-14-35(15-24-53)34-12-21-52(22-13-34)42(57)10-11-43(58)63-28-6-20-51-19-5-9-41(51)56/h3-4,7-8,29-30,34-35,37,40H,5-6,9-28,31H2,1-2H3,(H,49,60)/t40-/m1/s1. The number of fused-ring (bicyclic) bond motifs is 2. The average Bonchev–Trinajstić information content (AvgIpc) is 3.80. The fraction of sp³-hybridized carbons (Fsp3) is 0.604. The predicted octanol–water partition coefficient (Wildman–Crippen LogP) is 4.86. The number of hydrogen-bond donors (Lipinski definition) is 1. The number of oxazole rings is 1. The maximum absolute atomic E-state index is 14.4. The van der Waals surface area contributed by atoms with Crippen molar-refractivity contribution in [2.45, 2.75) is 103 Å². The predicted molar refractivity (Wildman–Crippen MR) is 240 cm³/mol. The molecule has 1 aromatic heterocycles. The number of nitrogens with one attached hydrogen (secondary N) is 1. The number of ether oxygens (including phenoxy) is 2. The fourth-order valence-corrected chi connectivity index (χ4v) is 10.6. The summed E-state index contributed by atoms with van der Waals surface area (Å²) in [5, 5.41) is 3.04. The van der Waals surface area contributed by atoms with Gasteiger partial charge in [-0.25, -0.2) is 14.4 Å². The average molecular weight is 898 g/mol. The van der Waals surface area contributed by atoms with Crippen molar-refractivity contribution in [3.05, 3.63) is 63.6 Å². The molecule has 2 aromatic carbocycles. The molecular weight excluding hydrogens is 835 g/mol. The van der Waals surface area contributed by atoms with E-state index in [9.17, 15) is 33.6 Å². The highest BCUT2D eigenvalue weighted by atomic mass is 16.6. The Morgan fingerprint density at radius 2 is 1.51 bits per heavy atom. The number of nitrogens with zero attached hydrogens (tertiary/aromatic N) is 6. The van der Waals surface area contributed by atoms with Gasteiger partial charge < -0.3 is 43.7 Å². The second-order valence-electron chi connectivity index (χ2n) is 18.5. The highest BCUT2D eigenvalue weighted by Crippen LogP contribution is 2.34. The Balaban J connectivity index is 0.823. The second-order valence-corrected chi connectivity index (χ2v) is 18.5. The lowest BCUT2D eigenvalue weighted by molar-refractivity contribution is -0.146. The van der Waals surface area contributed by atoms with Crippen molar-refractivity contribution in [2.75, 3.05) is 70.8 Å². The van der Waals surface area contributed by atoms with Crippen molar-refractivity contribution in [3.63, 3.8) is 0 Å². The lowest BCUT2D eigenvalue weighted by Crippen LogP contribution is -2.52. The van der Waals surface area contributed by atoms with Gasteiger partial charge in [0.05, 0.1) is 18.5 Å². The van der Waals surface area contributed by atoms with Crippen LogP contribution in [0, 0.1) is 18.8 Å². The molecule has 3 aromatic rings. The molecule has 0 bridgehead atoms. The molecule has 0 aliphatic carbocycles. The van der Waals surface area contributed by atoms with Crippen LogP contribution in [0.15, 0.2) is 45.6 Å². The van der Waals surface area contributed by atoms with Gasteiger partial charge in [-0.05, 0) is 105 Å². The molecule has 6 amide bonds. The third kappa shape index (κ3) is 10.8. The molecule has 5 aliphatic rings. The van der Waals surface area contributed by atoms with E-state index < -0.39 is 23.9 Å². The number of likely N-dealkylation sites (tertiary alicyclic amines) is 4. The quantitative estimate of drug-likeness (QED) is 0.184. The number of aryl methyl sites for hydroxylation is 2. The number of esters is 1. The number of rotatable bonds is 13. The van der Waals surface area contributed by atoms with E-state index in [4.69, 9.17) is 13.9 Å². The van der Waals surface area contributed by atoms with Crippen molar-refractivity contribution in [3.8, 4) is 0 Å². The smallest absolute Gasteiger partial charge is 0.419 e. The van der Waals surface area contributed by atoms with E-state index >= 15 is 0 Å². The zero-order valence-electron chi connectivity index (χ0n) is 37.8. The summed E-state index contributed by atoms with van der Waals surface area (Å²) in [7, 11) is 1.65. The molecule has 6 heterocycles. The van der Waals surface area contributed by atoms with Crippen molar-refractivity contribution < 1.29 is 42.7 Å². The number of para-hydroxylation sites is 1. The fourth-order valence-electron chi connectivity index (χ4n) is 10.6. The first-order chi connectivity index (χ1) is 31.4. The van der Waals surface area contributed by atoms with Gasteiger partial charge in [0.1, 0.15) is 0 Å². The largest absolute Gasteiger partial charge is 0.466 e. The Labute approximate surface area is 379 Å². The number of aromatic nitrogens is 1. The van der Waals surface area contributed by atoms with E-state index in [1.165, 1.54) is 4.57 Å². The Hall–Kier alpha value is -5.87. The van der Waals surface area contributed by atoms with Crippen LogP contribution in [-0.2, 0) is 48.5 Å². The third-order valence-corrected chi connectivity index (χ3v) is 14.3. The maximum Gasteiger partial charge on any atom is 0.419 e. The van der Waals surface area contributed by atoms with Gasteiger partial charge in [0.2, 0.25) is 11.8 Å². The maximum atomic E-state index is 14.4. The van der Waals surface area contributed by atoms with Gasteiger partial charge in [-0.15, -0.1) is 0 Å². The Kier molecular flexibility index (Phi) is 14.4. The van der Waals surface area contributed by atoms with E-state index in [1.54, 1.807) is 27.8 Å². The number of piperidine rings is 3. The van der Waals surface area contributed by atoms with Crippen LogP contribution in [0.25, 0.3) is 11.1 Å². The lowest BCUT2D eigenvalue weighted by Gasteiger charge is -2.41. The molecule has 4 fully saturated rings. The van der Waals surface area contributed by atoms with Gasteiger partial charge >= 0.3 is 23.8 Å². The molecular formula is C48H63N7O10. The molecule has 0 saturated carbocycles. The summed E-state index contributed by atoms with van der Waals surface area (Å²) in [6.07, 6.45) is 5.84. The monoisotopic (exact) mass is 897 g/mol. The summed E-state index contributed by atoms with van der Waals surface area (Å²) < 4.78 is 18.4. The van der Waals surface area contributed by atoms with Crippen molar-refractivity contribution >= 4 is 52.6 Å². The zero-order chi connectivity index (χ0) is 45.6. The van der Waals surface area contributed by atoms with Gasteiger partial charge in [-0.3, -0.25) is 23.7 Å². The van der Waals surface area contributed by atoms with Gasteiger partial charge in [-0.2, -0.15) is 0 Å². The minimum absolute atomic E-state index is 0.0361. The number of urea groups is 1. The van der Waals surface area contributed by atoms with Gasteiger partial charge in [0, 0.05) is 96.9 Å². The van der Waals surface area contributed by atoms with Crippen molar-refractivity contribution in [1.82, 2.24) is 29.1 Å². The summed E-state index contributed by atoms with van der Waals surface area (Å²) in [6, 6.07) is 11.3. The van der Waals surface area contributed by atoms with Crippen LogP contribution in [0.5, 0.6) is 0 Å². The molecule has 8 rings (SSSR count). The van der Waals surface area contributed by atoms with Crippen LogP contribution in [-0.4, -0.2) is 143 Å². The van der Waals surface area contributed by atoms with E-state index in [-0.39, 0.29) is 55.7 Å². The highest BCUT2D eigenvalue weighted by Gasteiger charge is 2.38. The van der Waals surface area contributed by atoms with E-state index in [1.807, 2.05) is 47.1 Å². The molecule has 0 radical (unpaired) electrons. The topological polar surface area (TPSA) is 184 Å². The molecule has 350 valence electrons. The molecule has 1 atom stereocenters. The van der Waals surface area contributed by atoms with Gasteiger partial charge in [0.25, 0.3) is 5.91 Å². The van der Waals surface area contributed by atoms with Crippen LogP contribution in [0.4, 0.5) is 15.3 Å².